The fourth-order valence-corrected chi connectivity index (χ4v) is 2.20. The van der Waals surface area contributed by atoms with Gasteiger partial charge in [0.2, 0.25) is 0 Å². The summed E-state index contributed by atoms with van der Waals surface area (Å²) in [6, 6.07) is 3.47. The van der Waals surface area contributed by atoms with Crippen molar-refractivity contribution in [1.82, 2.24) is 15.5 Å². The molecule has 0 saturated carbocycles. The highest BCUT2D eigenvalue weighted by Gasteiger charge is 2.26. The third-order valence-corrected chi connectivity index (χ3v) is 3.22. The molecule has 0 aromatic carbocycles. The molecular formula is C14H21ClN4O3. The zero-order chi connectivity index (χ0) is 16.2. The van der Waals surface area contributed by atoms with E-state index >= 15 is 0 Å². The van der Waals surface area contributed by atoms with Gasteiger partial charge in [0.05, 0.1) is 19.3 Å². The number of nitrogens with one attached hydrogen (secondary N) is 1. The number of morpholine rings is 1. The van der Waals surface area contributed by atoms with Crippen molar-refractivity contribution in [2.75, 3.05) is 31.2 Å². The number of alkyl carbamates (subject to hydrolysis) is 1. The Balaban J connectivity index is 1.95. The maximum atomic E-state index is 11.8. The van der Waals surface area contributed by atoms with Gasteiger partial charge in [-0.25, -0.2) is 4.79 Å². The Morgan fingerprint density at radius 2 is 2.27 bits per heavy atom. The maximum Gasteiger partial charge on any atom is 0.407 e. The molecule has 0 aliphatic carbocycles. The van der Waals surface area contributed by atoms with Gasteiger partial charge in [0.1, 0.15) is 5.60 Å². The molecular weight excluding hydrogens is 308 g/mol. The fourth-order valence-electron chi connectivity index (χ4n) is 2.10. The normalized spacial score (nSPS) is 18.9. The lowest BCUT2D eigenvalue weighted by molar-refractivity contribution is 0.0497. The van der Waals surface area contributed by atoms with Crippen LogP contribution in [0.25, 0.3) is 0 Å². The van der Waals surface area contributed by atoms with E-state index in [9.17, 15) is 4.79 Å². The van der Waals surface area contributed by atoms with Crippen LogP contribution in [0.3, 0.4) is 0 Å². The standard InChI is InChI=1S/C14H21ClN4O3/c1-14(2,3)22-13(20)16-8-10-9-21-7-6-19(10)12-5-4-11(15)17-18-12/h4-5,10H,6-9H2,1-3H3,(H,16,20)/t10-/m1/s1. The van der Waals surface area contributed by atoms with Crippen LogP contribution >= 0.6 is 11.6 Å². The van der Waals surface area contributed by atoms with Gasteiger partial charge in [0.25, 0.3) is 0 Å². The van der Waals surface area contributed by atoms with Crippen molar-refractivity contribution in [2.45, 2.75) is 32.4 Å². The largest absolute Gasteiger partial charge is 0.444 e. The first-order chi connectivity index (χ1) is 10.3. The number of hydrogen-bond donors (Lipinski definition) is 1. The van der Waals surface area contributed by atoms with Crippen LogP contribution in [-0.2, 0) is 9.47 Å². The Labute approximate surface area is 134 Å². The molecule has 0 radical (unpaired) electrons. The number of hydrogen-bond acceptors (Lipinski definition) is 6. The van der Waals surface area contributed by atoms with E-state index in [4.69, 9.17) is 21.1 Å². The number of carbonyl (C=O) groups is 1. The van der Waals surface area contributed by atoms with Crippen LogP contribution < -0.4 is 10.2 Å². The maximum absolute atomic E-state index is 11.8. The molecule has 22 heavy (non-hydrogen) atoms. The molecule has 1 N–H and O–H groups in total. The molecule has 1 aromatic rings. The van der Waals surface area contributed by atoms with Crippen molar-refractivity contribution in [3.63, 3.8) is 0 Å². The molecule has 1 aliphatic heterocycles. The Bertz CT molecular complexity index is 504. The molecule has 1 amide bonds. The Hall–Kier alpha value is -1.60. The highest BCUT2D eigenvalue weighted by Crippen LogP contribution is 2.17. The smallest absolute Gasteiger partial charge is 0.407 e. The SMILES string of the molecule is CC(C)(C)OC(=O)NC[C@@H]1COCCN1c1ccc(Cl)nn1. The van der Waals surface area contributed by atoms with Crippen LogP contribution in [0.5, 0.6) is 0 Å². The van der Waals surface area contributed by atoms with E-state index in [0.29, 0.717) is 37.3 Å². The first-order valence-electron chi connectivity index (χ1n) is 7.15. The summed E-state index contributed by atoms with van der Waals surface area (Å²) in [5.74, 6) is 0.712. The Morgan fingerprint density at radius 1 is 1.50 bits per heavy atom. The van der Waals surface area contributed by atoms with Crippen molar-refractivity contribution >= 4 is 23.5 Å². The monoisotopic (exact) mass is 328 g/mol. The van der Waals surface area contributed by atoms with Gasteiger partial charge in [-0.1, -0.05) is 11.6 Å². The van der Waals surface area contributed by atoms with Crippen molar-refractivity contribution in [2.24, 2.45) is 0 Å². The fraction of sp³-hybridized carbons (Fsp3) is 0.643. The minimum absolute atomic E-state index is 0.0308. The number of aromatic nitrogens is 2. The van der Waals surface area contributed by atoms with Crippen molar-refractivity contribution < 1.29 is 14.3 Å². The predicted octanol–water partition coefficient (Wildman–Crippen LogP) is 1.86. The number of nitrogens with zero attached hydrogens (tertiary/aromatic N) is 3. The highest BCUT2D eigenvalue weighted by molar-refractivity contribution is 6.29. The first-order valence-corrected chi connectivity index (χ1v) is 7.53. The number of halogens is 1. The predicted molar refractivity (Wildman–Crippen MR) is 83.2 cm³/mol. The van der Waals surface area contributed by atoms with Crippen LogP contribution in [-0.4, -0.2) is 54.2 Å². The molecule has 1 saturated heterocycles. The Morgan fingerprint density at radius 3 is 2.91 bits per heavy atom. The summed E-state index contributed by atoms with van der Waals surface area (Å²) in [6.07, 6.45) is -0.444. The third kappa shape index (κ3) is 4.99. The number of anilines is 1. The molecule has 2 rings (SSSR count). The van der Waals surface area contributed by atoms with Gasteiger partial charge in [0.15, 0.2) is 11.0 Å². The quantitative estimate of drug-likeness (QED) is 0.912. The molecule has 0 bridgehead atoms. The van der Waals surface area contributed by atoms with Crippen molar-refractivity contribution in [1.29, 1.82) is 0 Å². The summed E-state index contributed by atoms with van der Waals surface area (Å²) in [5.41, 5.74) is -0.519. The lowest BCUT2D eigenvalue weighted by Crippen LogP contribution is -2.52. The lowest BCUT2D eigenvalue weighted by atomic mass is 10.2. The molecule has 2 heterocycles. The average Bonchev–Trinajstić information content (AvgIpc) is 2.45. The molecule has 0 spiro atoms. The zero-order valence-corrected chi connectivity index (χ0v) is 13.8. The first kappa shape index (κ1) is 16.8. The number of amides is 1. The Kier molecular flexibility index (Phi) is 5.42. The number of ether oxygens (including phenoxy) is 2. The van der Waals surface area contributed by atoms with Crippen molar-refractivity contribution in [3.8, 4) is 0 Å². The molecule has 1 fully saturated rings. The van der Waals surface area contributed by atoms with E-state index in [1.807, 2.05) is 25.7 Å². The van der Waals surface area contributed by atoms with E-state index in [1.165, 1.54) is 0 Å². The zero-order valence-electron chi connectivity index (χ0n) is 13.0. The van der Waals surface area contributed by atoms with Crippen LogP contribution in [0.2, 0.25) is 5.15 Å². The van der Waals surface area contributed by atoms with Crippen LogP contribution in [0.1, 0.15) is 20.8 Å². The van der Waals surface area contributed by atoms with Crippen molar-refractivity contribution in [3.05, 3.63) is 17.3 Å². The van der Waals surface area contributed by atoms with Crippen LogP contribution in [0.4, 0.5) is 10.6 Å². The number of carbonyl (C=O) groups excluding carboxylic acids is 1. The molecule has 122 valence electrons. The van der Waals surface area contributed by atoms with Gasteiger partial charge in [-0.2, -0.15) is 0 Å². The van der Waals surface area contributed by atoms with Gasteiger partial charge in [-0.3, -0.25) is 0 Å². The van der Waals surface area contributed by atoms with E-state index < -0.39 is 11.7 Å². The van der Waals surface area contributed by atoms with Gasteiger partial charge >= 0.3 is 6.09 Å². The minimum atomic E-state index is -0.519. The third-order valence-electron chi connectivity index (χ3n) is 3.02. The second-order valence-electron chi connectivity index (χ2n) is 6.02. The summed E-state index contributed by atoms with van der Waals surface area (Å²) in [5, 5.41) is 11.0. The molecule has 7 nitrogen and oxygen atoms in total. The second kappa shape index (κ2) is 7.11. The van der Waals surface area contributed by atoms with E-state index in [0.717, 1.165) is 0 Å². The molecule has 1 atom stereocenters. The van der Waals surface area contributed by atoms with E-state index in [-0.39, 0.29) is 6.04 Å². The lowest BCUT2D eigenvalue weighted by Gasteiger charge is -2.36. The molecule has 1 aromatic heterocycles. The molecule has 1 aliphatic rings. The summed E-state index contributed by atoms with van der Waals surface area (Å²) < 4.78 is 10.7. The van der Waals surface area contributed by atoms with Gasteiger partial charge in [-0.15, -0.1) is 10.2 Å². The molecule has 8 heteroatoms. The van der Waals surface area contributed by atoms with E-state index in [1.54, 1.807) is 12.1 Å². The second-order valence-corrected chi connectivity index (χ2v) is 6.41. The van der Waals surface area contributed by atoms with Gasteiger partial charge in [-0.05, 0) is 32.9 Å². The van der Waals surface area contributed by atoms with Gasteiger partial charge < -0.3 is 19.7 Å². The minimum Gasteiger partial charge on any atom is -0.444 e. The van der Waals surface area contributed by atoms with E-state index in [2.05, 4.69) is 15.5 Å². The summed E-state index contributed by atoms with van der Waals surface area (Å²) in [7, 11) is 0. The summed E-state index contributed by atoms with van der Waals surface area (Å²) in [6.45, 7) is 7.66. The highest BCUT2D eigenvalue weighted by atomic mass is 35.5. The summed E-state index contributed by atoms with van der Waals surface area (Å²) in [4.78, 5) is 13.8. The number of rotatable bonds is 3. The topological polar surface area (TPSA) is 76.6 Å². The van der Waals surface area contributed by atoms with Crippen LogP contribution in [0, 0.1) is 0 Å². The average molecular weight is 329 g/mol. The van der Waals surface area contributed by atoms with Crippen LogP contribution in [0.15, 0.2) is 12.1 Å². The van der Waals surface area contributed by atoms with Gasteiger partial charge in [0, 0.05) is 13.1 Å². The molecule has 0 unspecified atom stereocenters. The summed E-state index contributed by atoms with van der Waals surface area (Å²) >= 11 is 5.76.